The van der Waals surface area contributed by atoms with Crippen molar-refractivity contribution in [3.8, 4) is 22.4 Å². The Balaban J connectivity index is 1.53. The van der Waals surface area contributed by atoms with Crippen molar-refractivity contribution < 1.29 is 8.98 Å². The maximum Gasteiger partial charge on any atom is 0.216 e. The van der Waals surface area contributed by atoms with Gasteiger partial charge in [-0.15, -0.1) is 0 Å². The number of aryl methyl sites for hydroxylation is 2. The lowest BCUT2D eigenvalue weighted by atomic mass is 9.80. The highest BCUT2D eigenvalue weighted by Crippen LogP contribution is 2.45. The van der Waals surface area contributed by atoms with Crippen molar-refractivity contribution in [3.05, 3.63) is 83.0 Å². The number of furan rings is 1. The van der Waals surface area contributed by atoms with Gasteiger partial charge >= 0.3 is 0 Å². The molecule has 7 rings (SSSR count). The van der Waals surface area contributed by atoms with Crippen molar-refractivity contribution >= 4 is 35.2 Å². The lowest BCUT2D eigenvalue weighted by Crippen LogP contribution is -2.39. The zero-order chi connectivity index (χ0) is 27.6. The molecule has 40 heavy (non-hydrogen) atoms. The predicted octanol–water partition coefficient (Wildman–Crippen LogP) is 9.13. The number of hydrogen-bond donors (Lipinski definition) is 0. The molecule has 0 aliphatic heterocycles. The van der Waals surface area contributed by atoms with Gasteiger partial charge in [0.25, 0.3) is 0 Å². The Morgan fingerprint density at radius 1 is 0.750 bits per heavy atom. The van der Waals surface area contributed by atoms with E-state index in [1.807, 2.05) is 0 Å². The molecule has 3 aromatic carbocycles. The molecule has 0 radical (unpaired) electrons. The molecule has 2 nitrogen and oxygen atoms in total. The highest BCUT2D eigenvalue weighted by molar-refractivity contribution is 6.90. The van der Waals surface area contributed by atoms with Crippen LogP contribution in [0.4, 0.5) is 0 Å². The second-order valence-electron chi connectivity index (χ2n) is 13.4. The summed E-state index contributed by atoms with van der Waals surface area (Å²) >= 11 is 0. The van der Waals surface area contributed by atoms with E-state index in [9.17, 15) is 0 Å². The van der Waals surface area contributed by atoms with Gasteiger partial charge in [-0.25, -0.2) is 4.57 Å². The van der Waals surface area contributed by atoms with E-state index in [2.05, 4.69) is 99.0 Å². The van der Waals surface area contributed by atoms with Gasteiger partial charge in [0.05, 0.1) is 13.6 Å². The Hall–Kier alpha value is -3.17. The molecule has 204 valence electrons. The van der Waals surface area contributed by atoms with E-state index in [-0.39, 0.29) is 0 Å². The Morgan fingerprint density at radius 2 is 1.48 bits per heavy atom. The van der Waals surface area contributed by atoms with Gasteiger partial charge in [0.15, 0.2) is 6.20 Å². The molecule has 0 N–H and O–H groups in total. The summed E-state index contributed by atoms with van der Waals surface area (Å²) in [6, 6.07) is 20.8. The third-order valence-corrected chi connectivity index (χ3v) is 11.8. The maximum absolute atomic E-state index is 7.11. The minimum absolute atomic E-state index is 0.755. The first kappa shape index (κ1) is 25.8. The number of fused-ring (bicyclic) bond motifs is 4. The van der Waals surface area contributed by atoms with Gasteiger partial charge in [-0.1, -0.05) is 75.3 Å². The molecule has 0 saturated heterocycles. The van der Waals surface area contributed by atoms with Gasteiger partial charge < -0.3 is 4.42 Å². The van der Waals surface area contributed by atoms with E-state index in [1.165, 1.54) is 95.3 Å². The smallest absolute Gasteiger partial charge is 0.216 e. The fraction of sp³-hybridized carbons (Fsp3) is 0.378. The normalized spacial score (nSPS) is 16.2. The van der Waals surface area contributed by atoms with Crippen LogP contribution >= 0.6 is 0 Å². The molecule has 0 bridgehead atoms. The molecule has 2 heterocycles. The Kier molecular flexibility index (Phi) is 6.27. The average Bonchev–Trinajstić information content (AvgIpc) is 3.58. The molecule has 5 aromatic rings. The first-order valence-electron chi connectivity index (χ1n) is 15.4. The van der Waals surface area contributed by atoms with Crippen LogP contribution < -0.4 is 9.75 Å². The van der Waals surface area contributed by atoms with Crippen molar-refractivity contribution in [2.24, 2.45) is 7.05 Å². The minimum Gasteiger partial charge on any atom is -0.455 e. The second kappa shape index (κ2) is 9.73. The second-order valence-corrected chi connectivity index (χ2v) is 18.4. The molecule has 0 spiro atoms. The molecule has 2 aromatic heterocycles. The summed E-state index contributed by atoms with van der Waals surface area (Å²) in [6.45, 7) is 9.66. The fourth-order valence-electron chi connectivity index (χ4n) is 7.76. The third kappa shape index (κ3) is 4.08. The number of pyridine rings is 1. The quantitative estimate of drug-likeness (QED) is 0.163. The third-order valence-electron chi connectivity index (χ3n) is 9.77. The molecule has 0 atom stereocenters. The van der Waals surface area contributed by atoms with Crippen molar-refractivity contribution in [1.29, 1.82) is 0 Å². The van der Waals surface area contributed by atoms with E-state index < -0.39 is 8.07 Å². The topological polar surface area (TPSA) is 17.0 Å². The summed E-state index contributed by atoms with van der Waals surface area (Å²) in [4.78, 5) is 0. The molecule has 2 aliphatic carbocycles. The highest BCUT2D eigenvalue weighted by atomic mass is 28.3. The van der Waals surface area contributed by atoms with Gasteiger partial charge in [-0.3, -0.25) is 0 Å². The summed E-state index contributed by atoms with van der Waals surface area (Å²) in [5.74, 6) is 0.755. The molecular formula is C37H42NOSi+. The summed E-state index contributed by atoms with van der Waals surface area (Å²) in [5.41, 5.74) is 13.5. The SMILES string of the molecule is Cc1ccc2c(oc3c(-c4ccc(C5CCCCC5)c5c4CCC5)c([Si](C)(C)C)ccc32)c1-c1cccc[n+]1C. The number of hydrogen-bond acceptors (Lipinski definition) is 1. The van der Waals surface area contributed by atoms with Gasteiger partial charge in [-0.05, 0) is 84.0 Å². The van der Waals surface area contributed by atoms with E-state index in [1.54, 1.807) is 16.7 Å². The van der Waals surface area contributed by atoms with Crippen LogP contribution in [0.3, 0.4) is 0 Å². The van der Waals surface area contributed by atoms with E-state index >= 15 is 0 Å². The van der Waals surface area contributed by atoms with Crippen LogP contribution in [0.2, 0.25) is 19.6 Å². The lowest BCUT2D eigenvalue weighted by molar-refractivity contribution is -0.660. The molecule has 1 saturated carbocycles. The molecular weight excluding hydrogens is 502 g/mol. The first-order chi connectivity index (χ1) is 19.3. The number of benzene rings is 3. The van der Waals surface area contributed by atoms with Crippen molar-refractivity contribution in [1.82, 2.24) is 0 Å². The molecule has 0 unspecified atom stereocenters. The molecule has 1 fully saturated rings. The monoisotopic (exact) mass is 544 g/mol. The van der Waals surface area contributed by atoms with Gasteiger partial charge in [0, 0.05) is 28.5 Å². The predicted molar refractivity (Wildman–Crippen MR) is 171 cm³/mol. The van der Waals surface area contributed by atoms with Crippen LogP contribution in [0.5, 0.6) is 0 Å². The fourth-order valence-corrected chi connectivity index (χ4v) is 9.34. The van der Waals surface area contributed by atoms with Crippen molar-refractivity contribution in [2.45, 2.75) is 83.8 Å². The van der Waals surface area contributed by atoms with E-state index in [0.717, 1.165) is 17.1 Å². The zero-order valence-corrected chi connectivity index (χ0v) is 25.9. The molecule has 2 aliphatic rings. The summed E-state index contributed by atoms with van der Waals surface area (Å²) in [6.07, 6.45) is 12.8. The largest absolute Gasteiger partial charge is 0.455 e. The molecule has 0 amide bonds. The van der Waals surface area contributed by atoms with Gasteiger partial charge in [0.1, 0.15) is 18.2 Å². The van der Waals surface area contributed by atoms with E-state index in [4.69, 9.17) is 4.42 Å². The number of nitrogens with zero attached hydrogens (tertiary/aromatic N) is 1. The Morgan fingerprint density at radius 3 is 2.23 bits per heavy atom. The number of rotatable bonds is 4. The van der Waals surface area contributed by atoms with Crippen LogP contribution in [0, 0.1) is 6.92 Å². The summed E-state index contributed by atoms with van der Waals surface area (Å²) < 4.78 is 9.32. The van der Waals surface area contributed by atoms with Crippen molar-refractivity contribution in [2.75, 3.05) is 0 Å². The highest BCUT2D eigenvalue weighted by Gasteiger charge is 2.31. The van der Waals surface area contributed by atoms with E-state index in [0.29, 0.717) is 0 Å². The zero-order valence-electron chi connectivity index (χ0n) is 24.9. The summed E-state index contributed by atoms with van der Waals surface area (Å²) in [7, 11) is 0.460. The van der Waals surface area contributed by atoms with Crippen LogP contribution in [0.25, 0.3) is 44.3 Å². The van der Waals surface area contributed by atoms with Gasteiger partial charge in [-0.2, -0.15) is 0 Å². The standard InChI is InChI=1S/C37H42NOSi/c1-24-17-18-30-31-21-22-33(40(3,4)5)35(37(31)39-36(30)34(24)32-16-9-10-23-38(32)2)29-20-19-26(25-12-7-6-8-13-25)27-14-11-15-28(27)29/h9-10,16-23,25H,6-8,11-15H2,1-5H3/q+1. The minimum atomic E-state index is -1.67. The average molecular weight is 545 g/mol. The van der Waals surface area contributed by atoms with Crippen LogP contribution in [-0.4, -0.2) is 8.07 Å². The number of aromatic nitrogens is 1. The molecule has 3 heteroatoms. The lowest BCUT2D eigenvalue weighted by Gasteiger charge is -2.27. The van der Waals surface area contributed by atoms with Crippen molar-refractivity contribution in [3.63, 3.8) is 0 Å². The van der Waals surface area contributed by atoms with Crippen LogP contribution in [0.1, 0.15) is 66.7 Å². The first-order valence-corrected chi connectivity index (χ1v) is 18.9. The Labute approximate surface area is 240 Å². The van der Waals surface area contributed by atoms with Gasteiger partial charge in [0.2, 0.25) is 5.69 Å². The van der Waals surface area contributed by atoms with Crippen LogP contribution in [-0.2, 0) is 19.9 Å². The Bertz CT molecular complexity index is 1760. The van der Waals surface area contributed by atoms with Crippen LogP contribution in [0.15, 0.2) is 65.2 Å². The summed E-state index contributed by atoms with van der Waals surface area (Å²) in [5, 5.41) is 3.98. The maximum atomic E-state index is 7.11.